The third-order valence-electron chi connectivity index (χ3n) is 5.76. The summed E-state index contributed by atoms with van der Waals surface area (Å²) in [5.74, 6) is -0.395. The van der Waals surface area contributed by atoms with Gasteiger partial charge in [-0.2, -0.15) is 0 Å². The van der Waals surface area contributed by atoms with E-state index >= 15 is 0 Å². The average Bonchev–Trinajstić information content (AvgIpc) is 2.66. The summed E-state index contributed by atoms with van der Waals surface area (Å²) in [6.07, 6.45) is 1.14. The van der Waals surface area contributed by atoms with Crippen LogP contribution in [-0.4, -0.2) is 43.9 Å². The van der Waals surface area contributed by atoms with Crippen LogP contribution in [0.1, 0.15) is 51.5 Å². The molecule has 0 unspecified atom stereocenters. The van der Waals surface area contributed by atoms with Gasteiger partial charge in [-0.1, -0.05) is 43.1 Å². The molecule has 1 aromatic carbocycles. The van der Waals surface area contributed by atoms with E-state index in [-0.39, 0.29) is 24.2 Å². The molecule has 1 heterocycles. The zero-order valence-electron chi connectivity index (χ0n) is 17.4. The van der Waals surface area contributed by atoms with Gasteiger partial charge in [0.05, 0.1) is 25.0 Å². The quantitative estimate of drug-likeness (QED) is 0.515. The van der Waals surface area contributed by atoms with Crippen LogP contribution in [0.4, 0.5) is 4.79 Å². The summed E-state index contributed by atoms with van der Waals surface area (Å²) < 4.78 is 15.4. The number of hydrogen-bond donors (Lipinski definition) is 1. The molecule has 1 aliphatic carbocycles. The zero-order valence-corrected chi connectivity index (χ0v) is 18.1. The maximum Gasteiger partial charge on any atom is 0.410 e. The third kappa shape index (κ3) is 5.13. The lowest BCUT2D eigenvalue weighted by atomic mass is 9.68. The predicted octanol–water partition coefficient (Wildman–Crippen LogP) is 3.76. The highest BCUT2D eigenvalue weighted by Crippen LogP contribution is 2.39. The fourth-order valence-electron chi connectivity index (χ4n) is 4.07. The van der Waals surface area contributed by atoms with Gasteiger partial charge in [0, 0.05) is 30.3 Å². The summed E-state index contributed by atoms with van der Waals surface area (Å²) in [7, 11) is 0. The van der Waals surface area contributed by atoms with E-state index in [1.54, 1.807) is 12.1 Å². The van der Waals surface area contributed by atoms with E-state index in [0.717, 1.165) is 12.8 Å². The van der Waals surface area contributed by atoms with Gasteiger partial charge >= 0.3 is 12.1 Å². The number of benzene rings is 1. The van der Waals surface area contributed by atoms with E-state index in [9.17, 15) is 14.4 Å². The Balaban J connectivity index is 1.57. The number of ether oxygens (including phenoxy) is 3. The molecule has 1 aromatic rings. The van der Waals surface area contributed by atoms with Crippen molar-refractivity contribution in [3.05, 3.63) is 34.9 Å². The van der Waals surface area contributed by atoms with E-state index < -0.39 is 23.8 Å². The first-order chi connectivity index (χ1) is 14.2. The van der Waals surface area contributed by atoms with Gasteiger partial charge in [0.25, 0.3) is 0 Å². The molecule has 30 heavy (non-hydrogen) atoms. The maximum absolute atomic E-state index is 12.9. The van der Waals surface area contributed by atoms with Crippen LogP contribution in [0.15, 0.2) is 24.3 Å². The first-order valence-electron chi connectivity index (χ1n) is 10.2. The number of nitrogens with one attached hydrogen (secondary N) is 1. The molecule has 1 saturated carbocycles. The van der Waals surface area contributed by atoms with Crippen LogP contribution < -0.4 is 5.32 Å². The van der Waals surface area contributed by atoms with Crippen molar-refractivity contribution in [3.8, 4) is 0 Å². The van der Waals surface area contributed by atoms with E-state index in [1.807, 2.05) is 19.1 Å². The molecule has 1 N–H and O–H groups in total. The van der Waals surface area contributed by atoms with Crippen LogP contribution in [0.5, 0.6) is 0 Å². The highest BCUT2D eigenvalue weighted by atomic mass is 35.5. The second-order valence-corrected chi connectivity index (χ2v) is 8.90. The fraction of sp³-hybridized carbons (Fsp3) is 0.591. The second kappa shape index (κ2) is 9.35. The van der Waals surface area contributed by atoms with Crippen LogP contribution in [0.25, 0.3) is 0 Å². The van der Waals surface area contributed by atoms with Gasteiger partial charge in [0.1, 0.15) is 5.78 Å². The Bertz CT molecular complexity index is 809. The monoisotopic (exact) mass is 437 g/mol. The van der Waals surface area contributed by atoms with Crippen molar-refractivity contribution in [1.29, 1.82) is 0 Å². The minimum atomic E-state index is -1.04. The van der Waals surface area contributed by atoms with E-state index in [2.05, 4.69) is 5.32 Å². The molecule has 3 rings (SSSR count). The first kappa shape index (κ1) is 22.6. The molecular weight excluding hydrogens is 410 g/mol. The number of Topliss-reactive ketones (excluding diaryl/α,β-unsaturated/α-hetero) is 1. The van der Waals surface area contributed by atoms with E-state index in [4.69, 9.17) is 25.8 Å². The van der Waals surface area contributed by atoms with Crippen molar-refractivity contribution in [2.24, 2.45) is 5.41 Å². The number of halogens is 1. The number of hydrogen-bond acceptors (Lipinski definition) is 6. The van der Waals surface area contributed by atoms with Crippen LogP contribution in [0, 0.1) is 5.41 Å². The molecule has 0 radical (unpaired) electrons. The summed E-state index contributed by atoms with van der Waals surface area (Å²) in [4.78, 5) is 37.2. The molecule has 2 atom stereocenters. The van der Waals surface area contributed by atoms with Gasteiger partial charge < -0.3 is 19.5 Å². The van der Waals surface area contributed by atoms with Crippen LogP contribution >= 0.6 is 11.6 Å². The van der Waals surface area contributed by atoms with Crippen LogP contribution in [0.3, 0.4) is 0 Å². The Labute approximate surface area is 181 Å². The maximum atomic E-state index is 12.9. The number of carbonyl (C=O) groups excluding carboxylic acids is 3. The Morgan fingerprint density at radius 3 is 2.60 bits per heavy atom. The van der Waals surface area contributed by atoms with Gasteiger partial charge in [-0.3, -0.25) is 9.59 Å². The number of amides is 1. The molecule has 0 bridgehead atoms. The van der Waals surface area contributed by atoms with E-state index in [1.165, 1.54) is 6.92 Å². The smallest absolute Gasteiger partial charge is 0.410 e. The number of carbonyl (C=O) groups is 3. The largest absolute Gasteiger partial charge is 0.425 e. The lowest BCUT2D eigenvalue weighted by Gasteiger charge is -2.37. The molecule has 1 saturated heterocycles. The number of alkyl carbamates (subject to hydrolysis) is 1. The summed E-state index contributed by atoms with van der Waals surface area (Å²) in [5, 5.41) is 3.17. The zero-order chi connectivity index (χ0) is 21.8. The number of rotatable bonds is 7. The summed E-state index contributed by atoms with van der Waals surface area (Å²) >= 11 is 6.38. The molecular formula is C22H28ClNO6. The summed E-state index contributed by atoms with van der Waals surface area (Å²) in [6, 6.07) is 7.21. The van der Waals surface area contributed by atoms with Crippen molar-refractivity contribution < 1.29 is 28.6 Å². The standard InChI is InChI=1S/C22H28ClNO6/c1-15(29-19(26)11-21(2)13-28-14-21)30-20(27)24-12-22(10-6-5-9-18(22)25)16-7-3-4-8-17(16)23/h3-4,7-8,15H,5-6,9-14H2,1-2H3,(H,24,27)/t15-,22+/m1/s1. The molecule has 1 amide bonds. The Morgan fingerprint density at radius 2 is 1.97 bits per heavy atom. The third-order valence-corrected chi connectivity index (χ3v) is 6.09. The van der Waals surface area contributed by atoms with Crippen molar-refractivity contribution in [3.63, 3.8) is 0 Å². The summed E-state index contributed by atoms with van der Waals surface area (Å²) in [5.41, 5.74) is -0.386. The highest BCUT2D eigenvalue weighted by molar-refractivity contribution is 6.31. The predicted molar refractivity (Wildman–Crippen MR) is 110 cm³/mol. The van der Waals surface area contributed by atoms with Crippen molar-refractivity contribution in [2.45, 2.75) is 57.7 Å². The van der Waals surface area contributed by atoms with Gasteiger partial charge in [0.2, 0.25) is 6.29 Å². The minimum Gasteiger partial charge on any atom is -0.425 e. The van der Waals surface area contributed by atoms with Crippen LogP contribution in [0.2, 0.25) is 5.02 Å². The molecule has 2 fully saturated rings. The lowest BCUT2D eigenvalue weighted by molar-refractivity contribution is -0.177. The first-order valence-corrected chi connectivity index (χ1v) is 10.6. The van der Waals surface area contributed by atoms with Gasteiger partial charge in [-0.05, 0) is 24.5 Å². The van der Waals surface area contributed by atoms with Gasteiger partial charge in [-0.15, -0.1) is 0 Å². The second-order valence-electron chi connectivity index (χ2n) is 8.49. The molecule has 0 spiro atoms. The number of ketones is 1. The molecule has 0 aromatic heterocycles. The minimum absolute atomic E-state index is 0.0533. The van der Waals surface area contributed by atoms with E-state index in [0.29, 0.717) is 36.6 Å². The Hall–Kier alpha value is -2.12. The van der Waals surface area contributed by atoms with Crippen LogP contribution in [-0.2, 0) is 29.2 Å². The molecule has 7 nitrogen and oxygen atoms in total. The topological polar surface area (TPSA) is 90.9 Å². The molecule has 164 valence electrons. The SMILES string of the molecule is C[C@H](OC(=O)CC1(C)COC1)OC(=O)NC[C@]1(c2ccccc2Cl)CCCCC1=O. The Kier molecular flexibility index (Phi) is 7.03. The average molecular weight is 438 g/mol. The molecule has 1 aliphatic heterocycles. The van der Waals surface area contributed by atoms with Crippen molar-refractivity contribution >= 4 is 29.4 Å². The lowest BCUT2D eigenvalue weighted by Crippen LogP contribution is -2.49. The fourth-order valence-corrected chi connectivity index (χ4v) is 4.39. The Morgan fingerprint density at radius 1 is 1.23 bits per heavy atom. The van der Waals surface area contributed by atoms with Gasteiger partial charge in [-0.25, -0.2) is 4.79 Å². The summed E-state index contributed by atoms with van der Waals surface area (Å²) in [6.45, 7) is 4.51. The molecule has 2 aliphatic rings. The molecule has 8 heteroatoms. The van der Waals surface area contributed by atoms with Gasteiger partial charge in [0.15, 0.2) is 0 Å². The normalized spacial score (nSPS) is 23.8. The number of esters is 1. The van der Waals surface area contributed by atoms with Crippen molar-refractivity contribution in [2.75, 3.05) is 19.8 Å². The highest BCUT2D eigenvalue weighted by Gasteiger charge is 2.43. The van der Waals surface area contributed by atoms with Crippen molar-refractivity contribution in [1.82, 2.24) is 5.32 Å².